The number of benzene rings is 1. The summed E-state index contributed by atoms with van der Waals surface area (Å²) in [7, 11) is 0. The fourth-order valence-electron chi connectivity index (χ4n) is 1.50. The molecule has 0 aliphatic rings. The smallest absolute Gasteiger partial charge is 0.275 e. The Morgan fingerprint density at radius 2 is 1.90 bits per heavy atom. The number of hydrogen-bond donors (Lipinski definition) is 1. The summed E-state index contributed by atoms with van der Waals surface area (Å²) in [5.41, 5.74) is -0.324. The van der Waals surface area contributed by atoms with Crippen LogP contribution in [0.25, 0.3) is 0 Å². The summed E-state index contributed by atoms with van der Waals surface area (Å²) in [6.07, 6.45) is 0. The Morgan fingerprint density at radius 1 is 1.20 bits per heavy atom. The summed E-state index contributed by atoms with van der Waals surface area (Å²) in [6.45, 7) is 1.42. The number of anilines is 1. The number of aromatic nitrogens is 1. The van der Waals surface area contributed by atoms with Gasteiger partial charge in [-0.3, -0.25) is 4.79 Å². The first-order chi connectivity index (χ1) is 9.38. The Balaban J connectivity index is 2.32. The van der Waals surface area contributed by atoms with Gasteiger partial charge in [0.25, 0.3) is 5.91 Å². The van der Waals surface area contributed by atoms with Gasteiger partial charge in [-0.05, 0) is 30.7 Å². The van der Waals surface area contributed by atoms with Crippen LogP contribution in [0.2, 0.25) is 10.2 Å². The molecule has 0 atom stereocenters. The minimum absolute atomic E-state index is 0.0555. The number of aryl methyl sites for hydroxylation is 1. The molecule has 1 aromatic heterocycles. The van der Waals surface area contributed by atoms with Gasteiger partial charge in [0.2, 0.25) is 0 Å². The van der Waals surface area contributed by atoms with Crippen LogP contribution in [0.4, 0.5) is 14.5 Å². The first kappa shape index (κ1) is 14.7. The maximum atomic E-state index is 13.6. The molecule has 0 fully saturated rings. The molecule has 1 aromatic carbocycles. The number of nitrogens with zero attached hydrogens (tertiary/aromatic N) is 1. The zero-order valence-corrected chi connectivity index (χ0v) is 11.7. The SMILES string of the molecule is Cc1cc(F)c(NC(=O)c2nc(Cl)ccc2Cl)cc1F. The maximum Gasteiger partial charge on any atom is 0.275 e. The van der Waals surface area contributed by atoms with Crippen LogP contribution in [0.1, 0.15) is 16.1 Å². The normalized spacial score (nSPS) is 10.4. The van der Waals surface area contributed by atoms with Crippen molar-refractivity contribution in [2.75, 3.05) is 5.32 Å². The van der Waals surface area contributed by atoms with E-state index in [0.717, 1.165) is 12.1 Å². The molecule has 0 radical (unpaired) electrons. The molecule has 0 aliphatic carbocycles. The highest BCUT2D eigenvalue weighted by atomic mass is 35.5. The van der Waals surface area contributed by atoms with Crippen LogP contribution in [0.3, 0.4) is 0 Å². The second kappa shape index (κ2) is 5.73. The predicted octanol–water partition coefficient (Wildman–Crippen LogP) is 4.23. The molecule has 20 heavy (non-hydrogen) atoms. The largest absolute Gasteiger partial charge is 0.318 e. The van der Waals surface area contributed by atoms with Crippen LogP contribution in [0.15, 0.2) is 24.3 Å². The molecule has 0 saturated carbocycles. The number of rotatable bonds is 2. The van der Waals surface area contributed by atoms with E-state index in [0.29, 0.717) is 0 Å². The number of carbonyl (C=O) groups is 1. The van der Waals surface area contributed by atoms with Crippen LogP contribution >= 0.6 is 23.2 Å². The van der Waals surface area contributed by atoms with Gasteiger partial charge in [-0.1, -0.05) is 23.2 Å². The number of amides is 1. The van der Waals surface area contributed by atoms with Gasteiger partial charge in [0, 0.05) is 6.07 Å². The van der Waals surface area contributed by atoms with E-state index < -0.39 is 17.5 Å². The van der Waals surface area contributed by atoms with Gasteiger partial charge in [-0.2, -0.15) is 0 Å². The van der Waals surface area contributed by atoms with Crippen molar-refractivity contribution in [3.05, 3.63) is 57.3 Å². The lowest BCUT2D eigenvalue weighted by molar-refractivity contribution is 0.102. The van der Waals surface area contributed by atoms with Crippen molar-refractivity contribution in [2.45, 2.75) is 6.92 Å². The third kappa shape index (κ3) is 3.05. The summed E-state index contributed by atoms with van der Waals surface area (Å²) < 4.78 is 27.0. The van der Waals surface area contributed by atoms with E-state index >= 15 is 0 Å². The van der Waals surface area contributed by atoms with Gasteiger partial charge in [0.05, 0.1) is 10.7 Å². The maximum absolute atomic E-state index is 13.6. The zero-order valence-electron chi connectivity index (χ0n) is 10.2. The lowest BCUT2D eigenvalue weighted by Gasteiger charge is -2.08. The average molecular weight is 317 g/mol. The summed E-state index contributed by atoms with van der Waals surface area (Å²) in [5, 5.41) is 2.32. The van der Waals surface area contributed by atoms with Crippen molar-refractivity contribution < 1.29 is 13.6 Å². The van der Waals surface area contributed by atoms with Gasteiger partial charge >= 0.3 is 0 Å². The molecular weight excluding hydrogens is 309 g/mol. The molecular formula is C13H8Cl2F2N2O. The first-order valence-corrected chi connectivity index (χ1v) is 6.23. The first-order valence-electron chi connectivity index (χ1n) is 5.47. The van der Waals surface area contributed by atoms with Crippen molar-refractivity contribution in [1.29, 1.82) is 0 Å². The minimum atomic E-state index is -0.778. The molecule has 0 bridgehead atoms. The van der Waals surface area contributed by atoms with E-state index in [1.807, 2.05) is 0 Å². The van der Waals surface area contributed by atoms with Gasteiger partial charge in [-0.15, -0.1) is 0 Å². The second-order valence-corrected chi connectivity index (χ2v) is 4.79. The zero-order chi connectivity index (χ0) is 14.9. The molecule has 0 unspecified atom stereocenters. The molecule has 0 saturated heterocycles. The van der Waals surface area contributed by atoms with E-state index in [1.165, 1.54) is 19.1 Å². The lowest BCUT2D eigenvalue weighted by Crippen LogP contribution is -2.15. The van der Waals surface area contributed by atoms with Crippen molar-refractivity contribution in [1.82, 2.24) is 4.98 Å². The average Bonchev–Trinajstić information content (AvgIpc) is 2.38. The summed E-state index contributed by atoms with van der Waals surface area (Å²) in [6, 6.07) is 4.67. The molecule has 104 valence electrons. The highest BCUT2D eigenvalue weighted by Gasteiger charge is 2.16. The molecule has 7 heteroatoms. The highest BCUT2D eigenvalue weighted by molar-refractivity contribution is 6.35. The molecule has 2 aromatic rings. The highest BCUT2D eigenvalue weighted by Crippen LogP contribution is 2.22. The van der Waals surface area contributed by atoms with Gasteiger partial charge in [0.1, 0.15) is 22.5 Å². The van der Waals surface area contributed by atoms with Gasteiger partial charge < -0.3 is 5.32 Å². The van der Waals surface area contributed by atoms with E-state index in [-0.39, 0.29) is 27.1 Å². The molecule has 2 rings (SSSR count). The van der Waals surface area contributed by atoms with Crippen LogP contribution in [0, 0.1) is 18.6 Å². The molecule has 0 spiro atoms. The number of carbonyl (C=O) groups excluding carboxylic acids is 1. The molecule has 1 N–H and O–H groups in total. The Kier molecular flexibility index (Phi) is 4.20. The number of nitrogens with one attached hydrogen (secondary N) is 1. The summed E-state index contributed by atoms with van der Waals surface area (Å²) in [4.78, 5) is 15.7. The van der Waals surface area contributed by atoms with E-state index in [1.54, 1.807) is 0 Å². The molecule has 3 nitrogen and oxygen atoms in total. The standard InChI is InChI=1S/C13H8Cl2F2N2O/c1-6-4-9(17)10(5-8(6)16)18-13(20)12-7(14)2-3-11(15)19-12/h2-5H,1H3,(H,18,20). The van der Waals surface area contributed by atoms with Crippen LogP contribution < -0.4 is 5.32 Å². The topological polar surface area (TPSA) is 42.0 Å². The number of hydrogen-bond acceptors (Lipinski definition) is 2. The Bertz CT molecular complexity index is 692. The van der Waals surface area contributed by atoms with Crippen molar-refractivity contribution >= 4 is 34.8 Å². The summed E-state index contributed by atoms with van der Waals surface area (Å²) >= 11 is 11.5. The van der Waals surface area contributed by atoms with Crippen molar-refractivity contribution in [3.8, 4) is 0 Å². The molecule has 1 heterocycles. The number of pyridine rings is 1. The van der Waals surface area contributed by atoms with Crippen LogP contribution in [-0.2, 0) is 0 Å². The third-order valence-electron chi connectivity index (χ3n) is 2.52. The fourth-order valence-corrected chi connectivity index (χ4v) is 1.84. The van der Waals surface area contributed by atoms with E-state index in [9.17, 15) is 13.6 Å². The van der Waals surface area contributed by atoms with E-state index in [4.69, 9.17) is 23.2 Å². The van der Waals surface area contributed by atoms with Gasteiger partial charge in [0.15, 0.2) is 0 Å². The van der Waals surface area contributed by atoms with Gasteiger partial charge in [-0.25, -0.2) is 13.8 Å². The second-order valence-electron chi connectivity index (χ2n) is 4.00. The Labute approximate surface area is 123 Å². The Hall–Kier alpha value is -1.72. The fraction of sp³-hybridized carbons (Fsp3) is 0.0769. The predicted molar refractivity (Wildman–Crippen MR) is 73.3 cm³/mol. The quantitative estimate of drug-likeness (QED) is 0.842. The van der Waals surface area contributed by atoms with Crippen LogP contribution in [0.5, 0.6) is 0 Å². The summed E-state index contributed by atoms with van der Waals surface area (Å²) in [5.74, 6) is -2.16. The third-order valence-corrected chi connectivity index (χ3v) is 3.04. The Morgan fingerprint density at radius 3 is 2.60 bits per heavy atom. The van der Waals surface area contributed by atoms with E-state index in [2.05, 4.69) is 10.3 Å². The van der Waals surface area contributed by atoms with Crippen molar-refractivity contribution in [3.63, 3.8) is 0 Å². The molecule has 1 amide bonds. The van der Waals surface area contributed by atoms with Crippen molar-refractivity contribution in [2.24, 2.45) is 0 Å². The lowest BCUT2D eigenvalue weighted by atomic mass is 10.2. The number of halogens is 4. The molecule has 0 aliphatic heterocycles. The monoisotopic (exact) mass is 316 g/mol. The minimum Gasteiger partial charge on any atom is -0.318 e. The van der Waals surface area contributed by atoms with Crippen LogP contribution in [-0.4, -0.2) is 10.9 Å².